The SMILES string of the molecule is CC.COc1cc(Br)c(OC)c(CO)c1. The first-order valence-electron chi connectivity index (χ1n) is 4.74. The van der Waals surface area contributed by atoms with Crippen LogP contribution in [0.3, 0.4) is 0 Å². The van der Waals surface area contributed by atoms with E-state index in [1.54, 1.807) is 26.4 Å². The van der Waals surface area contributed by atoms with Crippen LogP contribution in [-0.4, -0.2) is 19.3 Å². The average Bonchev–Trinajstić information content (AvgIpc) is 2.30. The summed E-state index contributed by atoms with van der Waals surface area (Å²) < 4.78 is 10.9. The van der Waals surface area contributed by atoms with Crippen molar-refractivity contribution in [1.82, 2.24) is 0 Å². The van der Waals surface area contributed by atoms with Gasteiger partial charge in [-0.05, 0) is 28.1 Å². The van der Waals surface area contributed by atoms with Crippen molar-refractivity contribution in [2.45, 2.75) is 20.5 Å². The second kappa shape index (κ2) is 7.54. The minimum Gasteiger partial charge on any atom is -0.497 e. The smallest absolute Gasteiger partial charge is 0.138 e. The first-order chi connectivity index (χ1) is 7.22. The summed E-state index contributed by atoms with van der Waals surface area (Å²) in [7, 11) is 3.14. The fourth-order valence-electron chi connectivity index (χ4n) is 1.09. The molecule has 0 amide bonds. The molecule has 4 heteroatoms. The highest BCUT2D eigenvalue weighted by molar-refractivity contribution is 9.10. The average molecular weight is 277 g/mol. The van der Waals surface area contributed by atoms with E-state index in [0.717, 1.165) is 4.47 Å². The fraction of sp³-hybridized carbons (Fsp3) is 0.455. The molecule has 0 spiro atoms. The lowest BCUT2D eigenvalue weighted by Crippen LogP contribution is -1.94. The van der Waals surface area contributed by atoms with E-state index in [1.807, 2.05) is 13.8 Å². The Labute approximate surface area is 99.2 Å². The molecular formula is C11H17BrO3. The van der Waals surface area contributed by atoms with E-state index >= 15 is 0 Å². The normalized spacial score (nSPS) is 8.93. The van der Waals surface area contributed by atoms with E-state index in [4.69, 9.17) is 14.6 Å². The minimum atomic E-state index is -0.0705. The second-order valence-electron chi connectivity index (χ2n) is 2.46. The highest BCUT2D eigenvalue weighted by Crippen LogP contribution is 2.33. The van der Waals surface area contributed by atoms with E-state index in [1.165, 1.54) is 0 Å². The molecule has 0 saturated carbocycles. The molecule has 86 valence electrons. The second-order valence-corrected chi connectivity index (χ2v) is 3.31. The van der Waals surface area contributed by atoms with Crippen LogP contribution in [0.5, 0.6) is 11.5 Å². The Kier molecular flexibility index (Phi) is 7.17. The molecule has 3 nitrogen and oxygen atoms in total. The molecule has 0 aromatic heterocycles. The highest BCUT2D eigenvalue weighted by atomic mass is 79.9. The largest absolute Gasteiger partial charge is 0.497 e. The number of methoxy groups -OCH3 is 2. The molecule has 0 atom stereocenters. The molecular weight excluding hydrogens is 260 g/mol. The maximum Gasteiger partial charge on any atom is 0.138 e. The summed E-state index contributed by atoms with van der Waals surface area (Å²) in [5.74, 6) is 1.33. The van der Waals surface area contributed by atoms with Crippen LogP contribution in [0.25, 0.3) is 0 Å². The van der Waals surface area contributed by atoms with Crippen molar-refractivity contribution in [3.05, 3.63) is 22.2 Å². The predicted molar refractivity (Wildman–Crippen MR) is 64.5 cm³/mol. The molecule has 1 N–H and O–H groups in total. The number of rotatable bonds is 3. The quantitative estimate of drug-likeness (QED) is 0.923. The third kappa shape index (κ3) is 3.72. The van der Waals surface area contributed by atoms with E-state index in [0.29, 0.717) is 17.1 Å². The molecule has 0 saturated heterocycles. The predicted octanol–water partition coefficient (Wildman–Crippen LogP) is 2.98. The van der Waals surface area contributed by atoms with Gasteiger partial charge in [0.1, 0.15) is 11.5 Å². The Morgan fingerprint density at radius 3 is 2.20 bits per heavy atom. The molecule has 1 aromatic rings. The van der Waals surface area contributed by atoms with Crippen molar-refractivity contribution in [3.63, 3.8) is 0 Å². The Hall–Kier alpha value is -0.740. The van der Waals surface area contributed by atoms with Gasteiger partial charge >= 0.3 is 0 Å². The summed E-state index contributed by atoms with van der Waals surface area (Å²) in [4.78, 5) is 0. The zero-order chi connectivity index (χ0) is 11.8. The Morgan fingerprint density at radius 1 is 1.20 bits per heavy atom. The summed E-state index contributed by atoms with van der Waals surface area (Å²) in [5, 5.41) is 9.04. The maximum atomic E-state index is 9.04. The summed E-state index contributed by atoms with van der Waals surface area (Å²) in [6.45, 7) is 3.93. The molecule has 0 unspecified atom stereocenters. The van der Waals surface area contributed by atoms with Crippen LogP contribution in [0.4, 0.5) is 0 Å². The lowest BCUT2D eigenvalue weighted by atomic mass is 10.2. The molecule has 0 aliphatic heterocycles. The highest BCUT2D eigenvalue weighted by Gasteiger charge is 2.08. The topological polar surface area (TPSA) is 38.7 Å². The number of halogens is 1. The Bertz CT molecular complexity index is 300. The summed E-state index contributed by atoms with van der Waals surface area (Å²) in [6.07, 6.45) is 0. The third-order valence-electron chi connectivity index (χ3n) is 1.70. The fourth-order valence-corrected chi connectivity index (χ4v) is 1.73. The van der Waals surface area contributed by atoms with Gasteiger partial charge in [-0.2, -0.15) is 0 Å². The molecule has 0 bridgehead atoms. The first-order valence-corrected chi connectivity index (χ1v) is 5.53. The number of aliphatic hydroxyl groups excluding tert-OH is 1. The van der Waals surface area contributed by atoms with E-state index in [2.05, 4.69) is 15.9 Å². The van der Waals surface area contributed by atoms with Gasteiger partial charge in [0, 0.05) is 5.56 Å². The van der Waals surface area contributed by atoms with Gasteiger partial charge in [-0.3, -0.25) is 0 Å². The number of aliphatic hydroxyl groups is 1. The van der Waals surface area contributed by atoms with Crippen molar-refractivity contribution < 1.29 is 14.6 Å². The summed E-state index contributed by atoms with van der Waals surface area (Å²) >= 11 is 3.32. The van der Waals surface area contributed by atoms with E-state index in [-0.39, 0.29) is 6.61 Å². The van der Waals surface area contributed by atoms with Gasteiger partial charge in [-0.15, -0.1) is 0 Å². The van der Waals surface area contributed by atoms with Crippen LogP contribution in [0.1, 0.15) is 19.4 Å². The van der Waals surface area contributed by atoms with E-state index in [9.17, 15) is 0 Å². The zero-order valence-corrected chi connectivity index (χ0v) is 11.1. The Balaban J connectivity index is 0.000000921. The van der Waals surface area contributed by atoms with Gasteiger partial charge in [0.2, 0.25) is 0 Å². The molecule has 0 aliphatic carbocycles. The van der Waals surface area contributed by atoms with Gasteiger partial charge in [0.25, 0.3) is 0 Å². The van der Waals surface area contributed by atoms with Crippen LogP contribution < -0.4 is 9.47 Å². The van der Waals surface area contributed by atoms with Crippen molar-refractivity contribution in [2.75, 3.05) is 14.2 Å². The minimum absolute atomic E-state index is 0.0705. The Morgan fingerprint density at radius 2 is 1.80 bits per heavy atom. The third-order valence-corrected chi connectivity index (χ3v) is 2.29. The number of ether oxygens (including phenoxy) is 2. The van der Waals surface area contributed by atoms with Crippen LogP contribution in [-0.2, 0) is 6.61 Å². The summed E-state index contributed by atoms with van der Waals surface area (Å²) in [6, 6.07) is 3.53. The molecule has 1 aromatic carbocycles. The molecule has 0 fully saturated rings. The van der Waals surface area contributed by atoms with Gasteiger partial charge in [-0.1, -0.05) is 13.8 Å². The van der Waals surface area contributed by atoms with Gasteiger partial charge in [0.15, 0.2) is 0 Å². The molecule has 0 heterocycles. The molecule has 15 heavy (non-hydrogen) atoms. The van der Waals surface area contributed by atoms with Crippen molar-refractivity contribution in [3.8, 4) is 11.5 Å². The van der Waals surface area contributed by atoms with Gasteiger partial charge in [0.05, 0.1) is 25.3 Å². The van der Waals surface area contributed by atoms with Crippen LogP contribution >= 0.6 is 15.9 Å². The van der Waals surface area contributed by atoms with Crippen molar-refractivity contribution >= 4 is 15.9 Å². The first kappa shape index (κ1) is 14.3. The molecule has 0 aliphatic rings. The van der Waals surface area contributed by atoms with Crippen LogP contribution in [0.2, 0.25) is 0 Å². The van der Waals surface area contributed by atoms with Gasteiger partial charge < -0.3 is 14.6 Å². The van der Waals surface area contributed by atoms with E-state index < -0.39 is 0 Å². The standard InChI is InChI=1S/C9H11BrO3.C2H6/c1-12-7-3-6(5-11)9(13-2)8(10)4-7;1-2/h3-4,11H,5H2,1-2H3;1-2H3. The lowest BCUT2D eigenvalue weighted by molar-refractivity contribution is 0.272. The van der Waals surface area contributed by atoms with Crippen LogP contribution in [0.15, 0.2) is 16.6 Å². The summed E-state index contributed by atoms with van der Waals surface area (Å²) in [5.41, 5.74) is 0.703. The molecule has 0 radical (unpaired) electrons. The monoisotopic (exact) mass is 276 g/mol. The van der Waals surface area contributed by atoms with Crippen LogP contribution in [0, 0.1) is 0 Å². The lowest BCUT2D eigenvalue weighted by Gasteiger charge is -2.10. The zero-order valence-electron chi connectivity index (χ0n) is 9.50. The molecule has 1 rings (SSSR count). The van der Waals surface area contributed by atoms with Crippen molar-refractivity contribution in [1.29, 1.82) is 0 Å². The number of benzene rings is 1. The number of hydrogen-bond acceptors (Lipinski definition) is 3. The van der Waals surface area contributed by atoms with Gasteiger partial charge in [-0.25, -0.2) is 0 Å². The number of hydrogen-bond donors (Lipinski definition) is 1. The maximum absolute atomic E-state index is 9.04. The van der Waals surface area contributed by atoms with Crippen molar-refractivity contribution in [2.24, 2.45) is 0 Å².